The van der Waals surface area contributed by atoms with E-state index in [4.69, 9.17) is 4.98 Å². The molecule has 10 heteroatoms. The highest BCUT2D eigenvalue weighted by atomic mass is 32.2. The highest BCUT2D eigenvalue weighted by Gasteiger charge is 2.40. The van der Waals surface area contributed by atoms with E-state index in [0.29, 0.717) is 35.8 Å². The number of rotatable bonds is 10. The first-order chi connectivity index (χ1) is 19.9. The van der Waals surface area contributed by atoms with Gasteiger partial charge in [-0.15, -0.1) is 11.3 Å². The monoisotopic (exact) mass is 615 g/mol. The number of nitrogens with one attached hydrogen (secondary N) is 2. The molecule has 0 radical (unpaired) electrons. The van der Waals surface area contributed by atoms with Crippen LogP contribution in [0.1, 0.15) is 116 Å². The summed E-state index contributed by atoms with van der Waals surface area (Å²) in [4.78, 5) is 32.7. The van der Waals surface area contributed by atoms with Crippen LogP contribution >= 0.6 is 11.3 Å². The molecule has 2 aliphatic carbocycles. The molecule has 230 valence electrons. The molecule has 2 saturated carbocycles. The van der Waals surface area contributed by atoms with Crippen molar-refractivity contribution in [2.75, 3.05) is 18.1 Å². The average Bonchev–Trinajstić information content (AvgIpc) is 3.56. The quantitative estimate of drug-likeness (QED) is 0.338. The molecule has 3 aliphatic rings. The molecule has 0 unspecified atom stereocenters. The standard InChI is InChI=1S/C32H45N3O5S2/c1-31(2,13-14-36)35-28(37)23-18-22(19-24(20-23)32(3)11-12-32)27-26(17-21-7-5-4-6-8-21)34-30(41-27)29(38)33-25-9-15-42(39,40)16-10-25/h18-21,25,36H,4-17H2,1-3H3,(H,33,38)(H,35,37). The van der Waals surface area contributed by atoms with E-state index in [1.165, 1.54) is 30.6 Å². The SMILES string of the molecule is CC(C)(CCO)NC(=O)c1cc(-c2sc(C(=O)NC3CCS(=O)(=O)CC3)nc2CC2CCCCC2)cc(C2(C)CC2)c1. The van der Waals surface area contributed by atoms with Crippen LogP contribution in [0.2, 0.25) is 0 Å². The molecule has 3 N–H and O–H groups in total. The summed E-state index contributed by atoms with van der Waals surface area (Å²) in [6.07, 6.45) is 10.2. The molecule has 0 bridgehead atoms. The first-order valence-corrected chi connectivity index (χ1v) is 18.1. The summed E-state index contributed by atoms with van der Waals surface area (Å²) in [5.41, 5.74) is 3.00. The van der Waals surface area contributed by atoms with E-state index in [2.05, 4.69) is 23.6 Å². The van der Waals surface area contributed by atoms with Gasteiger partial charge in [0.05, 0.1) is 22.1 Å². The first-order valence-electron chi connectivity index (χ1n) is 15.5. The molecular weight excluding hydrogens is 571 g/mol. The third-order valence-electron chi connectivity index (χ3n) is 9.33. The fourth-order valence-corrected chi connectivity index (χ4v) is 8.67. The topological polar surface area (TPSA) is 125 Å². The molecule has 3 fully saturated rings. The normalized spacial score (nSPS) is 20.7. The third-order valence-corrected chi connectivity index (χ3v) is 12.2. The number of hydrogen-bond acceptors (Lipinski definition) is 7. The highest BCUT2D eigenvalue weighted by Crippen LogP contribution is 2.49. The number of aromatic nitrogens is 1. The summed E-state index contributed by atoms with van der Waals surface area (Å²) in [5.74, 6) is 0.281. The van der Waals surface area contributed by atoms with E-state index >= 15 is 0 Å². The average molecular weight is 616 g/mol. The van der Waals surface area contributed by atoms with Gasteiger partial charge in [-0.3, -0.25) is 9.59 Å². The van der Waals surface area contributed by atoms with Crippen LogP contribution in [-0.4, -0.2) is 60.0 Å². The molecule has 5 rings (SSSR count). The number of nitrogens with zero attached hydrogens (tertiary/aromatic N) is 1. The predicted octanol–water partition coefficient (Wildman–Crippen LogP) is 5.18. The summed E-state index contributed by atoms with van der Waals surface area (Å²) in [6, 6.07) is 5.91. The second-order valence-electron chi connectivity index (χ2n) is 13.6. The Hall–Kier alpha value is -2.30. The van der Waals surface area contributed by atoms with Crippen molar-refractivity contribution < 1.29 is 23.1 Å². The van der Waals surface area contributed by atoms with Crippen LogP contribution < -0.4 is 10.6 Å². The number of aliphatic hydroxyl groups is 1. The number of carbonyl (C=O) groups is 2. The minimum atomic E-state index is -3.02. The van der Waals surface area contributed by atoms with E-state index < -0.39 is 15.4 Å². The fourth-order valence-electron chi connectivity index (χ4n) is 6.19. The Kier molecular flexibility index (Phi) is 9.17. The number of carbonyl (C=O) groups excluding carboxylic acids is 2. The number of sulfone groups is 1. The minimum absolute atomic E-state index is 0.0104. The molecule has 1 aliphatic heterocycles. The lowest BCUT2D eigenvalue weighted by molar-refractivity contribution is 0.0897. The molecule has 8 nitrogen and oxygen atoms in total. The summed E-state index contributed by atoms with van der Waals surface area (Å²) >= 11 is 1.37. The Morgan fingerprint density at radius 1 is 1.05 bits per heavy atom. The molecule has 0 spiro atoms. The molecule has 1 aromatic carbocycles. The maximum absolute atomic E-state index is 13.5. The van der Waals surface area contributed by atoms with Crippen molar-refractivity contribution in [3.05, 3.63) is 40.0 Å². The maximum atomic E-state index is 13.5. The van der Waals surface area contributed by atoms with Gasteiger partial charge in [0, 0.05) is 23.8 Å². The molecular formula is C32H45N3O5S2. The Balaban J connectivity index is 1.48. The zero-order valence-electron chi connectivity index (χ0n) is 25.1. The molecule has 2 amide bonds. The number of amides is 2. The molecule has 1 saturated heterocycles. The lowest BCUT2D eigenvalue weighted by atomic mass is 9.85. The molecule has 2 heterocycles. The van der Waals surface area contributed by atoms with Crippen molar-refractivity contribution >= 4 is 33.0 Å². The van der Waals surface area contributed by atoms with Crippen molar-refractivity contribution in [3.63, 3.8) is 0 Å². The van der Waals surface area contributed by atoms with Crippen LogP contribution in [0.3, 0.4) is 0 Å². The lowest BCUT2D eigenvalue weighted by Gasteiger charge is -2.26. The lowest BCUT2D eigenvalue weighted by Crippen LogP contribution is -2.44. The highest BCUT2D eigenvalue weighted by molar-refractivity contribution is 7.91. The summed E-state index contributed by atoms with van der Waals surface area (Å²) in [6.45, 7) is 6.03. The van der Waals surface area contributed by atoms with E-state index in [9.17, 15) is 23.1 Å². The van der Waals surface area contributed by atoms with Crippen LogP contribution in [0.25, 0.3) is 10.4 Å². The van der Waals surface area contributed by atoms with Crippen molar-refractivity contribution in [1.82, 2.24) is 15.6 Å². The summed E-state index contributed by atoms with van der Waals surface area (Å²) in [7, 11) is -3.02. The predicted molar refractivity (Wildman–Crippen MR) is 167 cm³/mol. The van der Waals surface area contributed by atoms with Gasteiger partial charge in [0.1, 0.15) is 9.84 Å². The zero-order valence-corrected chi connectivity index (χ0v) is 26.8. The summed E-state index contributed by atoms with van der Waals surface area (Å²) in [5, 5.41) is 16.0. The van der Waals surface area contributed by atoms with Crippen LogP contribution in [0.5, 0.6) is 0 Å². The van der Waals surface area contributed by atoms with Gasteiger partial charge in [-0.25, -0.2) is 13.4 Å². The molecule has 1 aromatic heterocycles. The number of aliphatic hydroxyl groups excluding tert-OH is 1. The van der Waals surface area contributed by atoms with Gasteiger partial charge in [-0.1, -0.05) is 39.0 Å². The smallest absolute Gasteiger partial charge is 0.280 e. The van der Waals surface area contributed by atoms with E-state index in [1.54, 1.807) is 0 Å². The van der Waals surface area contributed by atoms with E-state index in [0.717, 1.165) is 53.8 Å². The zero-order chi connectivity index (χ0) is 30.1. The van der Waals surface area contributed by atoms with Gasteiger partial charge in [0.2, 0.25) is 0 Å². The largest absolute Gasteiger partial charge is 0.396 e. The van der Waals surface area contributed by atoms with Crippen molar-refractivity contribution in [2.45, 2.75) is 108 Å². The molecule has 0 atom stereocenters. The maximum Gasteiger partial charge on any atom is 0.280 e. The van der Waals surface area contributed by atoms with Gasteiger partial charge in [0.25, 0.3) is 11.8 Å². The first kappa shape index (κ1) is 31.1. The van der Waals surface area contributed by atoms with Crippen molar-refractivity contribution in [1.29, 1.82) is 0 Å². The molecule has 42 heavy (non-hydrogen) atoms. The van der Waals surface area contributed by atoms with E-state index in [-0.39, 0.29) is 41.4 Å². The Morgan fingerprint density at radius 2 is 1.74 bits per heavy atom. The van der Waals surface area contributed by atoms with Crippen LogP contribution in [0, 0.1) is 5.92 Å². The van der Waals surface area contributed by atoms with Gasteiger partial charge < -0.3 is 15.7 Å². The number of thiazole rings is 1. The minimum Gasteiger partial charge on any atom is -0.396 e. The molecule has 2 aromatic rings. The van der Waals surface area contributed by atoms with Crippen LogP contribution in [-0.2, 0) is 21.7 Å². The van der Waals surface area contributed by atoms with Crippen molar-refractivity contribution in [2.24, 2.45) is 5.92 Å². The van der Waals surface area contributed by atoms with Crippen molar-refractivity contribution in [3.8, 4) is 10.4 Å². The number of benzene rings is 1. The van der Waals surface area contributed by atoms with Gasteiger partial charge >= 0.3 is 0 Å². The van der Waals surface area contributed by atoms with Gasteiger partial charge in [-0.2, -0.15) is 0 Å². The second-order valence-corrected chi connectivity index (χ2v) is 16.9. The van der Waals surface area contributed by atoms with Crippen LogP contribution in [0.4, 0.5) is 0 Å². The summed E-state index contributed by atoms with van der Waals surface area (Å²) < 4.78 is 23.7. The second kappa shape index (κ2) is 12.4. The Bertz CT molecular complexity index is 1410. The number of hydrogen-bond donors (Lipinski definition) is 3. The van der Waals surface area contributed by atoms with Gasteiger partial charge in [0.15, 0.2) is 5.01 Å². The fraction of sp³-hybridized carbons (Fsp3) is 0.656. The Morgan fingerprint density at radius 3 is 2.38 bits per heavy atom. The van der Waals surface area contributed by atoms with Crippen LogP contribution in [0.15, 0.2) is 18.2 Å². The van der Waals surface area contributed by atoms with E-state index in [1.807, 2.05) is 26.0 Å². The van der Waals surface area contributed by atoms with Gasteiger partial charge in [-0.05, 0) is 93.0 Å². The third kappa shape index (κ3) is 7.61. The Labute approximate surface area is 254 Å².